The highest BCUT2D eigenvalue weighted by molar-refractivity contribution is 7.20. The van der Waals surface area contributed by atoms with Crippen molar-refractivity contribution in [1.82, 2.24) is 9.97 Å². The molecule has 3 N–H and O–H groups in total. The van der Waals surface area contributed by atoms with E-state index in [1.165, 1.54) is 29.8 Å². The van der Waals surface area contributed by atoms with Crippen LogP contribution in [0.2, 0.25) is 0 Å². The van der Waals surface area contributed by atoms with Crippen LogP contribution in [0.15, 0.2) is 60.9 Å². The predicted octanol–water partition coefficient (Wildman–Crippen LogP) is 5.35. The highest BCUT2D eigenvalue weighted by Gasteiger charge is 2.30. The van der Waals surface area contributed by atoms with Gasteiger partial charge < -0.3 is 15.7 Å². The van der Waals surface area contributed by atoms with Crippen molar-refractivity contribution in [1.29, 1.82) is 0 Å². The van der Waals surface area contributed by atoms with Gasteiger partial charge >= 0.3 is 6.18 Å². The first-order chi connectivity index (χ1) is 17.3. The number of thiophene rings is 1. The summed E-state index contributed by atoms with van der Waals surface area (Å²) < 4.78 is 39.6. The fourth-order valence-corrected chi connectivity index (χ4v) is 4.32. The molecule has 2 aromatic carbocycles. The molecule has 0 spiro atoms. The molecule has 4 rings (SSSR count). The molecular weight excluding hydrogens is 489 g/mol. The second-order valence-electron chi connectivity index (χ2n) is 7.73. The summed E-state index contributed by atoms with van der Waals surface area (Å²) in [6.07, 6.45) is -1.92. The van der Waals surface area contributed by atoms with Gasteiger partial charge in [0.25, 0.3) is 5.91 Å². The molecule has 2 aromatic heterocycles. The first kappa shape index (κ1) is 25.2. The predicted molar refractivity (Wildman–Crippen MR) is 134 cm³/mol. The summed E-state index contributed by atoms with van der Waals surface area (Å²) in [5.74, 6) is 6.02. The lowest BCUT2D eigenvalue weighted by Gasteiger charge is -2.10. The summed E-state index contributed by atoms with van der Waals surface area (Å²) in [6, 6.07) is 13.3. The molecular formula is C26H21F3N4O2S. The maximum absolute atomic E-state index is 12.9. The number of nitrogens with zero attached hydrogens (tertiary/aromatic N) is 2. The van der Waals surface area contributed by atoms with Crippen molar-refractivity contribution in [3.05, 3.63) is 82.5 Å². The van der Waals surface area contributed by atoms with Gasteiger partial charge in [0.2, 0.25) is 0 Å². The Kier molecular flexibility index (Phi) is 7.83. The number of fused-ring (bicyclic) bond motifs is 1. The summed E-state index contributed by atoms with van der Waals surface area (Å²) in [5, 5.41) is 14.8. The molecule has 184 valence electrons. The fraction of sp³-hybridized carbons (Fsp3) is 0.192. The number of carbonyl (C=O) groups is 1. The number of benzene rings is 2. The zero-order valence-electron chi connectivity index (χ0n) is 18.9. The fourth-order valence-electron chi connectivity index (χ4n) is 3.37. The first-order valence-electron chi connectivity index (χ1n) is 11.0. The number of aromatic nitrogens is 2. The third kappa shape index (κ3) is 6.38. The molecule has 10 heteroatoms. The number of aliphatic hydroxyl groups is 1. The van der Waals surface area contributed by atoms with E-state index in [0.29, 0.717) is 30.9 Å². The molecule has 0 bridgehead atoms. The van der Waals surface area contributed by atoms with Crippen LogP contribution in [0.4, 0.5) is 24.7 Å². The molecule has 0 saturated heterocycles. The van der Waals surface area contributed by atoms with Gasteiger partial charge in [0.15, 0.2) is 0 Å². The molecule has 0 atom stereocenters. The lowest BCUT2D eigenvalue weighted by Crippen LogP contribution is -2.14. The molecule has 1 amide bonds. The van der Waals surface area contributed by atoms with E-state index in [2.05, 4.69) is 32.4 Å². The Bertz CT molecular complexity index is 1420. The molecule has 0 fully saturated rings. The monoisotopic (exact) mass is 510 g/mol. The molecule has 0 saturated carbocycles. The third-order valence-electron chi connectivity index (χ3n) is 5.13. The van der Waals surface area contributed by atoms with E-state index in [4.69, 9.17) is 5.11 Å². The second kappa shape index (κ2) is 11.2. The molecule has 0 aliphatic rings. The van der Waals surface area contributed by atoms with Gasteiger partial charge in [-0.3, -0.25) is 4.79 Å². The number of halogens is 3. The highest BCUT2D eigenvalue weighted by Crippen LogP contribution is 2.30. The van der Waals surface area contributed by atoms with E-state index >= 15 is 0 Å². The lowest BCUT2D eigenvalue weighted by atomic mass is 10.1. The summed E-state index contributed by atoms with van der Waals surface area (Å²) in [4.78, 5) is 21.8. The van der Waals surface area contributed by atoms with Gasteiger partial charge in [-0.25, -0.2) is 9.97 Å². The Labute approximate surface area is 209 Å². The van der Waals surface area contributed by atoms with Crippen molar-refractivity contribution in [2.45, 2.75) is 19.0 Å². The average molecular weight is 511 g/mol. The number of alkyl halides is 3. The van der Waals surface area contributed by atoms with E-state index in [9.17, 15) is 18.0 Å². The number of hydrogen-bond donors (Lipinski definition) is 3. The summed E-state index contributed by atoms with van der Waals surface area (Å²) in [7, 11) is 0. The van der Waals surface area contributed by atoms with E-state index < -0.39 is 17.6 Å². The van der Waals surface area contributed by atoms with Crippen LogP contribution in [0.25, 0.3) is 10.2 Å². The Morgan fingerprint density at radius 2 is 1.89 bits per heavy atom. The minimum Gasteiger partial charge on any atom is -0.395 e. The third-order valence-corrected chi connectivity index (χ3v) is 6.18. The van der Waals surface area contributed by atoms with Crippen LogP contribution in [-0.2, 0) is 12.6 Å². The van der Waals surface area contributed by atoms with Gasteiger partial charge in [0, 0.05) is 24.2 Å². The molecule has 0 aliphatic carbocycles. The van der Waals surface area contributed by atoms with Crippen LogP contribution in [0, 0.1) is 11.8 Å². The molecule has 0 radical (unpaired) electrons. The van der Waals surface area contributed by atoms with Gasteiger partial charge in [-0.2, -0.15) is 13.2 Å². The van der Waals surface area contributed by atoms with Crippen molar-refractivity contribution in [3.63, 3.8) is 0 Å². The molecule has 6 nitrogen and oxygen atoms in total. The van der Waals surface area contributed by atoms with Crippen molar-refractivity contribution in [3.8, 4) is 11.8 Å². The van der Waals surface area contributed by atoms with Gasteiger partial charge in [-0.15, -0.1) is 11.3 Å². The number of rotatable bonds is 7. The van der Waals surface area contributed by atoms with E-state index in [1.54, 1.807) is 12.1 Å². The zero-order chi connectivity index (χ0) is 25.5. The van der Waals surface area contributed by atoms with Crippen molar-refractivity contribution in [2.24, 2.45) is 0 Å². The van der Waals surface area contributed by atoms with E-state index in [-0.39, 0.29) is 12.2 Å². The van der Waals surface area contributed by atoms with Crippen LogP contribution in [0.1, 0.15) is 32.8 Å². The Balaban J connectivity index is 1.34. The number of amides is 1. The molecule has 0 aliphatic heterocycles. The standard InChI is InChI=1S/C26H21F3N4O2S/c27-26(28,29)19-5-3-4-18(14-19)25(35)33-20-9-7-17(8-10-20)11-12-30-24-23-22(31-16-32-24)15-21(36-23)6-1-2-13-34/h3-5,7-10,14-16,34H,2,11-13H2,(H,33,35)(H,30,31,32). The van der Waals surface area contributed by atoms with Crippen LogP contribution >= 0.6 is 11.3 Å². The van der Waals surface area contributed by atoms with E-state index in [1.807, 2.05) is 18.2 Å². The second-order valence-corrected chi connectivity index (χ2v) is 8.78. The van der Waals surface area contributed by atoms with Crippen LogP contribution in [-0.4, -0.2) is 34.1 Å². The number of carbonyl (C=O) groups excluding carboxylic acids is 1. The normalized spacial score (nSPS) is 11.1. The SMILES string of the molecule is O=C(Nc1ccc(CCNc2ncnc3cc(C#CCCO)sc23)cc1)c1cccc(C(F)(F)F)c1. The number of hydrogen-bond acceptors (Lipinski definition) is 6. The Hall–Kier alpha value is -3.94. The van der Waals surface area contributed by atoms with Crippen LogP contribution < -0.4 is 10.6 Å². The number of anilines is 2. The van der Waals surface area contributed by atoms with Crippen molar-refractivity contribution < 1.29 is 23.1 Å². The highest BCUT2D eigenvalue weighted by atomic mass is 32.1. The van der Waals surface area contributed by atoms with Crippen molar-refractivity contribution >= 4 is 39.0 Å². The first-order valence-corrected chi connectivity index (χ1v) is 11.8. The molecule has 0 unspecified atom stereocenters. The topological polar surface area (TPSA) is 87.1 Å². The minimum atomic E-state index is -4.51. The average Bonchev–Trinajstić information content (AvgIpc) is 3.29. The quantitative estimate of drug-likeness (QED) is 0.292. The molecule has 4 aromatic rings. The number of nitrogens with one attached hydrogen (secondary N) is 2. The Morgan fingerprint density at radius 3 is 2.64 bits per heavy atom. The largest absolute Gasteiger partial charge is 0.416 e. The van der Waals surface area contributed by atoms with Crippen molar-refractivity contribution in [2.75, 3.05) is 23.8 Å². The van der Waals surface area contributed by atoms with Gasteiger partial charge in [-0.1, -0.05) is 30.0 Å². The summed E-state index contributed by atoms with van der Waals surface area (Å²) in [6.45, 7) is 0.624. The smallest absolute Gasteiger partial charge is 0.395 e. The molecule has 36 heavy (non-hydrogen) atoms. The van der Waals surface area contributed by atoms with Gasteiger partial charge in [0.1, 0.15) is 12.1 Å². The Morgan fingerprint density at radius 1 is 1.08 bits per heavy atom. The number of aliphatic hydroxyl groups excluding tert-OH is 1. The maximum Gasteiger partial charge on any atom is 0.416 e. The maximum atomic E-state index is 12.9. The van der Waals surface area contributed by atoms with Gasteiger partial charge in [0.05, 0.1) is 27.3 Å². The zero-order valence-corrected chi connectivity index (χ0v) is 19.7. The lowest BCUT2D eigenvalue weighted by molar-refractivity contribution is -0.137. The minimum absolute atomic E-state index is 0.0215. The summed E-state index contributed by atoms with van der Waals surface area (Å²) >= 11 is 1.48. The van der Waals surface area contributed by atoms with E-state index in [0.717, 1.165) is 32.8 Å². The van der Waals surface area contributed by atoms with Crippen LogP contribution in [0.5, 0.6) is 0 Å². The molecule has 2 heterocycles. The van der Waals surface area contributed by atoms with Crippen LogP contribution in [0.3, 0.4) is 0 Å². The van der Waals surface area contributed by atoms with Gasteiger partial charge in [-0.05, 0) is 48.4 Å². The summed E-state index contributed by atoms with van der Waals surface area (Å²) in [5.41, 5.74) is 1.36.